The molecule has 0 fully saturated rings. The lowest BCUT2D eigenvalue weighted by molar-refractivity contribution is -0.114. The Morgan fingerprint density at radius 3 is 2.65 bits per heavy atom. The van der Waals surface area contributed by atoms with E-state index in [1.54, 1.807) is 0 Å². The Hall–Kier alpha value is -2.95. The molecule has 2 aromatic rings. The lowest BCUT2D eigenvalue weighted by atomic mass is 10.2. The highest BCUT2D eigenvalue weighted by atomic mass is 16.5. The Bertz CT molecular complexity index is 756. The monoisotopic (exact) mass is 354 g/mol. The summed E-state index contributed by atoms with van der Waals surface area (Å²) in [4.78, 5) is 12.3. The minimum atomic E-state index is -0.155. The molecule has 1 amide bonds. The largest absolute Gasteiger partial charge is 0.489 e. The van der Waals surface area contributed by atoms with Crippen LogP contribution in [0.4, 0.5) is 11.4 Å². The van der Waals surface area contributed by atoms with Gasteiger partial charge in [0.25, 0.3) is 0 Å². The summed E-state index contributed by atoms with van der Waals surface area (Å²) in [6, 6.07) is 14.9. The van der Waals surface area contributed by atoms with E-state index in [4.69, 9.17) is 9.47 Å². The van der Waals surface area contributed by atoms with Gasteiger partial charge in [0.1, 0.15) is 18.1 Å². The van der Waals surface area contributed by atoms with Crippen molar-refractivity contribution in [3.63, 3.8) is 0 Å². The summed E-state index contributed by atoms with van der Waals surface area (Å²) in [5.74, 6) is 1.23. The summed E-state index contributed by atoms with van der Waals surface area (Å²) in [5.41, 5.74) is 2.42. The molecule has 138 valence electrons. The molecule has 26 heavy (non-hydrogen) atoms. The SMILES string of the molecule is C=C(C)COc1cccc(NCC(=O)Nc2ccccc2OC(C)C)c1. The number of carbonyl (C=O) groups is 1. The van der Waals surface area contributed by atoms with Crippen LogP contribution >= 0.6 is 0 Å². The Labute approximate surface area is 155 Å². The Morgan fingerprint density at radius 1 is 1.15 bits per heavy atom. The summed E-state index contributed by atoms with van der Waals surface area (Å²) >= 11 is 0. The molecule has 2 aromatic carbocycles. The van der Waals surface area contributed by atoms with Crippen molar-refractivity contribution < 1.29 is 14.3 Å². The van der Waals surface area contributed by atoms with E-state index >= 15 is 0 Å². The summed E-state index contributed by atoms with van der Waals surface area (Å²) in [7, 11) is 0. The van der Waals surface area contributed by atoms with Gasteiger partial charge in [-0.1, -0.05) is 24.8 Å². The van der Waals surface area contributed by atoms with E-state index in [-0.39, 0.29) is 18.6 Å². The lowest BCUT2D eigenvalue weighted by Crippen LogP contribution is -2.22. The van der Waals surface area contributed by atoms with E-state index < -0.39 is 0 Å². The van der Waals surface area contributed by atoms with Gasteiger partial charge in [-0.15, -0.1) is 0 Å². The smallest absolute Gasteiger partial charge is 0.243 e. The van der Waals surface area contributed by atoms with Crippen LogP contribution in [0.25, 0.3) is 0 Å². The molecule has 0 atom stereocenters. The fourth-order valence-electron chi connectivity index (χ4n) is 2.21. The number of nitrogens with one attached hydrogen (secondary N) is 2. The van der Waals surface area contributed by atoms with Gasteiger partial charge in [0.2, 0.25) is 5.91 Å². The molecule has 0 aliphatic carbocycles. The first-order valence-electron chi connectivity index (χ1n) is 8.60. The second kappa shape index (κ2) is 9.51. The molecular formula is C21H26N2O3. The quantitative estimate of drug-likeness (QED) is 0.652. The van der Waals surface area contributed by atoms with Gasteiger partial charge < -0.3 is 20.1 Å². The van der Waals surface area contributed by atoms with Crippen LogP contribution in [-0.2, 0) is 4.79 Å². The number of hydrogen-bond donors (Lipinski definition) is 2. The molecule has 2 N–H and O–H groups in total. The van der Waals surface area contributed by atoms with E-state index in [1.165, 1.54) is 0 Å². The van der Waals surface area contributed by atoms with Crippen molar-refractivity contribution in [2.24, 2.45) is 0 Å². The molecule has 5 nitrogen and oxygen atoms in total. The molecule has 0 radical (unpaired) electrons. The van der Waals surface area contributed by atoms with Crippen LogP contribution in [-0.4, -0.2) is 25.2 Å². The minimum Gasteiger partial charge on any atom is -0.489 e. The summed E-state index contributed by atoms with van der Waals surface area (Å²) in [6.07, 6.45) is 0.0353. The standard InChI is InChI=1S/C21H26N2O3/c1-15(2)14-25-18-9-7-8-17(12-18)22-13-21(24)23-19-10-5-6-11-20(19)26-16(3)4/h5-12,16,22H,1,13-14H2,2-4H3,(H,23,24). The summed E-state index contributed by atoms with van der Waals surface area (Å²) in [6.45, 7) is 10.2. The zero-order valence-corrected chi connectivity index (χ0v) is 15.5. The molecule has 0 heterocycles. The van der Waals surface area contributed by atoms with E-state index in [2.05, 4.69) is 17.2 Å². The van der Waals surface area contributed by atoms with Gasteiger partial charge in [0.15, 0.2) is 0 Å². The van der Waals surface area contributed by atoms with Crippen LogP contribution in [0.1, 0.15) is 20.8 Å². The van der Waals surface area contributed by atoms with Gasteiger partial charge in [-0.25, -0.2) is 0 Å². The number of benzene rings is 2. The van der Waals surface area contributed by atoms with Gasteiger partial charge in [-0.3, -0.25) is 4.79 Å². The second-order valence-electron chi connectivity index (χ2n) is 6.34. The highest BCUT2D eigenvalue weighted by Gasteiger charge is 2.09. The molecule has 0 spiro atoms. The highest BCUT2D eigenvalue weighted by molar-refractivity contribution is 5.95. The van der Waals surface area contributed by atoms with Gasteiger partial charge >= 0.3 is 0 Å². The van der Waals surface area contributed by atoms with Crippen LogP contribution in [0.15, 0.2) is 60.7 Å². The molecule has 0 aromatic heterocycles. The van der Waals surface area contributed by atoms with Crippen molar-refractivity contribution in [2.45, 2.75) is 26.9 Å². The van der Waals surface area contributed by atoms with Gasteiger partial charge in [-0.2, -0.15) is 0 Å². The predicted molar refractivity (Wildman–Crippen MR) is 106 cm³/mol. The Kier molecular flexibility index (Phi) is 7.09. The zero-order valence-electron chi connectivity index (χ0n) is 15.5. The highest BCUT2D eigenvalue weighted by Crippen LogP contribution is 2.25. The molecule has 2 rings (SSSR count). The van der Waals surface area contributed by atoms with Crippen molar-refractivity contribution in [2.75, 3.05) is 23.8 Å². The summed E-state index contributed by atoms with van der Waals surface area (Å²) < 4.78 is 11.3. The third-order valence-electron chi connectivity index (χ3n) is 3.30. The lowest BCUT2D eigenvalue weighted by Gasteiger charge is -2.15. The van der Waals surface area contributed by atoms with Crippen molar-refractivity contribution in [3.8, 4) is 11.5 Å². The number of ether oxygens (including phenoxy) is 2. The topological polar surface area (TPSA) is 59.6 Å². The van der Waals surface area contributed by atoms with E-state index in [0.717, 1.165) is 17.0 Å². The maximum absolute atomic E-state index is 12.3. The number of amides is 1. The van der Waals surface area contributed by atoms with Crippen molar-refractivity contribution in [3.05, 3.63) is 60.7 Å². The third-order valence-corrected chi connectivity index (χ3v) is 3.30. The number of carbonyl (C=O) groups excluding carboxylic acids is 1. The predicted octanol–water partition coefficient (Wildman–Crippen LogP) is 4.48. The maximum Gasteiger partial charge on any atom is 0.243 e. The minimum absolute atomic E-state index is 0.0353. The second-order valence-corrected chi connectivity index (χ2v) is 6.34. The normalized spacial score (nSPS) is 10.3. The number of rotatable bonds is 9. The fraction of sp³-hybridized carbons (Fsp3) is 0.286. The van der Waals surface area contributed by atoms with E-state index in [1.807, 2.05) is 69.3 Å². The summed E-state index contributed by atoms with van der Waals surface area (Å²) in [5, 5.41) is 5.97. The van der Waals surface area contributed by atoms with Crippen LogP contribution in [0.3, 0.4) is 0 Å². The molecule has 0 aliphatic heterocycles. The molecule has 5 heteroatoms. The zero-order chi connectivity index (χ0) is 18.9. The molecule has 0 saturated carbocycles. The van der Waals surface area contributed by atoms with Crippen LogP contribution in [0.2, 0.25) is 0 Å². The maximum atomic E-state index is 12.3. The van der Waals surface area contributed by atoms with E-state index in [9.17, 15) is 4.79 Å². The van der Waals surface area contributed by atoms with Gasteiger partial charge in [0.05, 0.1) is 18.3 Å². The molecular weight excluding hydrogens is 328 g/mol. The van der Waals surface area contributed by atoms with Gasteiger partial charge in [-0.05, 0) is 50.6 Å². The van der Waals surface area contributed by atoms with Crippen molar-refractivity contribution >= 4 is 17.3 Å². The number of para-hydroxylation sites is 2. The van der Waals surface area contributed by atoms with Crippen LogP contribution in [0.5, 0.6) is 11.5 Å². The third kappa shape index (κ3) is 6.51. The molecule has 0 aliphatic rings. The first-order valence-corrected chi connectivity index (χ1v) is 8.60. The van der Waals surface area contributed by atoms with Gasteiger partial charge in [0, 0.05) is 11.8 Å². The number of hydrogen-bond acceptors (Lipinski definition) is 4. The average Bonchev–Trinajstić information content (AvgIpc) is 2.60. The fourth-order valence-corrected chi connectivity index (χ4v) is 2.21. The van der Waals surface area contributed by atoms with Crippen molar-refractivity contribution in [1.29, 1.82) is 0 Å². The Balaban J connectivity index is 1.91. The Morgan fingerprint density at radius 2 is 1.92 bits per heavy atom. The molecule has 0 unspecified atom stereocenters. The molecule has 0 saturated heterocycles. The number of anilines is 2. The van der Waals surface area contributed by atoms with Crippen LogP contribution in [0, 0.1) is 0 Å². The first kappa shape index (κ1) is 19.4. The first-order chi connectivity index (χ1) is 12.4. The average molecular weight is 354 g/mol. The molecule has 0 bridgehead atoms. The van der Waals surface area contributed by atoms with Crippen molar-refractivity contribution in [1.82, 2.24) is 0 Å². The van der Waals surface area contributed by atoms with Crippen LogP contribution < -0.4 is 20.1 Å². The van der Waals surface area contributed by atoms with E-state index in [0.29, 0.717) is 18.0 Å².